The van der Waals surface area contributed by atoms with Gasteiger partial charge in [-0.25, -0.2) is 4.79 Å². The van der Waals surface area contributed by atoms with Crippen LogP contribution in [0.15, 0.2) is 22.6 Å². The van der Waals surface area contributed by atoms with Gasteiger partial charge < -0.3 is 14.3 Å². The highest BCUT2D eigenvalue weighted by molar-refractivity contribution is 6.31. The number of hydrogen-bond acceptors (Lipinski definition) is 3. The Balaban J connectivity index is 2.09. The zero-order chi connectivity index (χ0) is 13.4. The molecule has 5 heteroatoms. The molecule has 0 radical (unpaired) electrons. The Labute approximate surface area is 114 Å². The number of rotatable bonds is 3. The number of hydrogen-bond donors (Lipinski definition) is 1. The lowest BCUT2D eigenvalue weighted by atomic mass is 10.2. The molecule has 4 nitrogen and oxygen atoms in total. The van der Waals surface area contributed by atoms with Gasteiger partial charge in [0.2, 0.25) is 0 Å². The molecular formula is C14H13ClO4. The maximum Gasteiger partial charge on any atom is 0.375 e. The van der Waals surface area contributed by atoms with Gasteiger partial charge in [-0.2, -0.15) is 0 Å². The van der Waals surface area contributed by atoms with E-state index >= 15 is 0 Å². The molecule has 0 bridgehead atoms. The van der Waals surface area contributed by atoms with E-state index in [1.54, 1.807) is 18.2 Å². The molecule has 1 aliphatic rings. The second-order valence-corrected chi connectivity index (χ2v) is 5.17. The van der Waals surface area contributed by atoms with Gasteiger partial charge >= 0.3 is 5.97 Å². The van der Waals surface area contributed by atoms with Gasteiger partial charge in [0, 0.05) is 5.02 Å². The topological polar surface area (TPSA) is 59.7 Å². The van der Waals surface area contributed by atoms with Gasteiger partial charge in [-0.15, -0.1) is 0 Å². The summed E-state index contributed by atoms with van der Waals surface area (Å²) in [4.78, 5) is 11.2. The van der Waals surface area contributed by atoms with Gasteiger partial charge in [-0.1, -0.05) is 11.6 Å². The lowest BCUT2D eigenvalue weighted by molar-refractivity contribution is 0.0654. The number of benzene rings is 1. The van der Waals surface area contributed by atoms with Crippen LogP contribution in [0.25, 0.3) is 11.0 Å². The third-order valence-corrected chi connectivity index (χ3v) is 3.62. The number of carboxylic acids is 1. The standard InChI is InChI=1S/C14H13ClO4/c15-8-5-6-11-10(7-8)12(13(19-11)14(16)17)18-9-3-1-2-4-9/h5-7,9H,1-4H2,(H,16,17). The molecule has 1 aromatic carbocycles. The van der Waals surface area contributed by atoms with Gasteiger partial charge in [-0.3, -0.25) is 0 Å². The first kappa shape index (κ1) is 12.4. The van der Waals surface area contributed by atoms with Crippen molar-refractivity contribution in [1.29, 1.82) is 0 Å². The fourth-order valence-electron chi connectivity index (χ4n) is 2.48. The number of ether oxygens (including phenoxy) is 1. The minimum absolute atomic E-state index is 0.0675. The number of furan rings is 1. The Morgan fingerprint density at radius 2 is 2.11 bits per heavy atom. The molecular weight excluding hydrogens is 268 g/mol. The lowest BCUT2D eigenvalue weighted by Gasteiger charge is -2.12. The molecule has 19 heavy (non-hydrogen) atoms. The predicted octanol–water partition coefficient (Wildman–Crippen LogP) is 4.11. The zero-order valence-electron chi connectivity index (χ0n) is 10.2. The highest BCUT2D eigenvalue weighted by Gasteiger charge is 2.26. The minimum Gasteiger partial charge on any atom is -0.485 e. The van der Waals surface area contributed by atoms with Crippen LogP contribution >= 0.6 is 11.6 Å². The fraction of sp³-hybridized carbons (Fsp3) is 0.357. The normalized spacial score (nSPS) is 16.1. The highest BCUT2D eigenvalue weighted by Crippen LogP contribution is 2.37. The molecule has 1 aliphatic carbocycles. The van der Waals surface area contributed by atoms with Crippen LogP contribution in [0.4, 0.5) is 0 Å². The van der Waals surface area contributed by atoms with Gasteiger partial charge in [0.1, 0.15) is 5.58 Å². The number of fused-ring (bicyclic) bond motifs is 1. The predicted molar refractivity (Wildman–Crippen MR) is 71.1 cm³/mol. The molecule has 0 amide bonds. The molecule has 100 valence electrons. The van der Waals surface area contributed by atoms with Crippen molar-refractivity contribution in [3.8, 4) is 5.75 Å². The molecule has 1 fully saturated rings. The third kappa shape index (κ3) is 2.28. The van der Waals surface area contributed by atoms with Crippen LogP contribution in [-0.2, 0) is 0 Å². The van der Waals surface area contributed by atoms with E-state index in [0.29, 0.717) is 21.7 Å². The molecule has 0 unspecified atom stereocenters. The van der Waals surface area contributed by atoms with Crippen molar-refractivity contribution in [2.75, 3.05) is 0 Å². The van der Waals surface area contributed by atoms with E-state index in [1.807, 2.05) is 0 Å². The molecule has 2 aromatic rings. The van der Waals surface area contributed by atoms with Crippen molar-refractivity contribution in [1.82, 2.24) is 0 Å². The highest BCUT2D eigenvalue weighted by atomic mass is 35.5. The number of carboxylic acid groups (broad SMARTS) is 1. The summed E-state index contributed by atoms with van der Waals surface area (Å²) in [5.74, 6) is -0.971. The molecule has 1 heterocycles. The van der Waals surface area contributed by atoms with Crippen LogP contribution < -0.4 is 4.74 Å². The molecule has 0 spiro atoms. The van der Waals surface area contributed by atoms with E-state index in [0.717, 1.165) is 25.7 Å². The average Bonchev–Trinajstić information content (AvgIpc) is 2.98. The van der Waals surface area contributed by atoms with Crippen molar-refractivity contribution in [2.45, 2.75) is 31.8 Å². The van der Waals surface area contributed by atoms with Crippen molar-refractivity contribution in [2.24, 2.45) is 0 Å². The van der Waals surface area contributed by atoms with E-state index < -0.39 is 5.97 Å². The largest absolute Gasteiger partial charge is 0.485 e. The summed E-state index contributed by atoms with van der Waals surface area (Å²) in [6, 6.07) is 5.00. The Bertz CT molecular complexity index is 626. The van der Waals surface area contributed by atoms with Gasteiger partial charge in [0.25, 0.3) is 5.76 Å². The number of halogens is 1. The Hall–Kier alpha value is -1.68. The summed E-state index contributed by atoms with van der Waals surface area (Å²) in [5.41, 5.74) is 0.481. The third-order valence-electron chi connectivity index (χ3n) is 3.39. The SMILES string of the molecule is O=C(O)c1oc2ccc(Cl)cc2c1OC1CCCC1. The summed E-state index contributed by atoms with van der Waals surface area (Å²) in [6.07, 6.45) is 4.20. The second kappa shape index (κ2) is 4.78. The van der Waals surface area contributed by atoms with Crippen LogP contribution in [0.5, 0.6) is 5.75 Å². The smallest absolute Gasteiger partial charge is 0.375 e. The molecule has 1 saturated carbocycles. The van der Waals surface area contributed by atoms with Crippen molar-refractivity contribution < 1.29 is 19.1 Å². The Morgan fingerprint density at radius 3 is 2.79 bits per heavy atom. The van der Waals surface area contributed by atoms with Gasteiger partial charge in [0.15, 0.2) is 5.75 Å². The molecule has 1 N–H and O–H groups in total. The van der Waals surface area contributed by atoms with E-state index in [2.05, 4.69) is 0 Å². The maximum absolute atomic E-state index is 11.2. The van der Waals surface area contributed by atoms with Crippen molar-refractivity contribution in [3.05, 3.63) is 29.0 Å². The summed E-state index contributed by atoms with van der Waals surface area (Å²) < 4.78 is 11.2. The second-order valence-electron chi connectivity index (χ2n) is 4.73. The number of aromatic carboxylic acids is 1. The molecule has 0 aliphatic heterocycles. The first-order valence-electron chi connectivity index (χ1n) is 6.27. The maximum atomic E-state index is 11.2. The molecule has 3 rings (SSSR count). The lowest BCUT2D eigenvalue weighted by Crippen LogP contribution is -2.12. The monoisotopic (exact) mass is 280 g/mol. The summed E-state index contributed by atoms with van der Waals surface area (Å²) >= 11 is 5.95. The minimum atomic E-state index is -1.12. The van der Waals surface area contributed by atoms with Crippen LogP contribution in [0.3, 0.4) is 0 Å². The van der Waals surface area contributed by atoms with Gasteiger partial charge in [-0.05, 0) is 43.9 Å². The van der Waals surface area contributed by atoms with E-state index in [1.165, 1.54) is 0 Å². The van der Waals surface area contributed by atoms with Crippen LogP contribution in [0.1, 0.15) is 36.2 Å². The molecule has 0 atom stereocenters. The van der Waals surface area contributed by atoms with Crippen LogP contribution in [0, 0.1) is 0 Å². The van der Waals surface area contributed by atoms with Crippen molar-refractivity contribution in [3.63, 3.8) is 0 Å². The Kier molecular flexibility index (Phi) is 3.11. The first-order valence-corrected chi connectivity index (χ1v) is 6.65. The van der Waals surface area contributed by atoms with Crippen LogP contribution in [-0.4, -0.2) is 17.2 Å². The van der Waals surface area contributed by atoms with E-state index in [-0.39, 0.29) is 11.9 Å². The fourth-order valence-corrected chi connectivity index (χ4v) is 2.65. The molecule has 1 aromatic heterocycles. The average molecular weight is 281 g/mol. The van der Waals surface area contributed by atoms with Gasteiger partial charge in [0.05, 0.1) is 11.5 Å². The molecule has 0 saturated heterocycles. The summed E-state index contributed by atoms with van der Waals surface area (Å²) in [6.45, 7) is 0. The quantitative estimate of drug-likeness (QED) is 0.919. The van der Waals surface area contributed by atoms with E-state index in [9.17, 15) is 9.90 Å². The zero-order valence-corrected chi connectivity index (χ0v) is 10.9. The first-order chi connectivity index (χ1) is 9.15. The summed E-state index contributed by atoms with van der Waals surface area (Å²) in [7, 11) is 0. The van der Waals surface area contributed by atoms with Crippen molar-refractivity contribution >= 4 is 28.5 Å². The number of carbonyl (C=O) groups is 1. The van der Waals surface area contributed by atoms with Crippen LogP contribution in [0.2, 0.25) is 5.02 Å². The van der Waals surface area contributed by atoms with E-state index in [4.69, 9.17) is 20.8 Å². The Morgan fingerprint density at radius 1 is 1.37 bits per heavy atom. The summed E-state index contributed by atoms with van der Waals surface area (Å²) in [5, 5.41) is 10.4.